The average Bonchev–Trinajstić information content (AvgIpc) is 3.23. The number of pyridine rings is 2. The first-order valence-electron chi connectivity index (χ1n) is 11.1. The van der Waals surface area contributed by atoms with Gasteiger partial charge in [0.2, 0.25) is 5.95 Å². The van der Waals surface area contributed by atoms with E-state index in [9.17, 15) is 9.65 Å². The van der Waals surface area contributed by atoms with Crippen molar-refractivity contribution < 1.29 is 13.9 Å². The molecule has 0 saturated carbocycles. The summed E-state index contributed by atoms with van der Waals surface area (Å²) in [6, 6.07) is 8.89. The van der Waals surface area contributed by atoms with E-state index in [1.54, 1.807) is 0 Å². The summed E-state index contributed by atoms with van der Waals surface area (Å²) in [4.78, 5) is 7.74. The second kappa shape index (κ2) is 9.78. The third-order valence-electron chi connectivity index (χ3n) is 5.95. The molecule has 10 heteroatoms. The van der Waals surface area contributed by atoms with E-state index in [1.165, 1.54) is 24.7 Å². The lowest BCUT2D eigenvalue weighted by molar-refractivity contribution is -0.0365. The minimum absolute atomic E-state index is 0.151. The van der Waals surface area contributed by atoms with Crippen molar-refractivity contribution in [2.75, 3.05) is 6.61 Å². The van der Waals surface area contributed by atoms with E-state index in [4.69, 9.17) is 37.8 Å². The van der Waals surface area contributed by atoms with E-state index in [1.807, 2.05) is 35.9 Å². The fraction of sp³-hybridized carbons (Fsp3) is 0.280. The molecule has 4 aromatic rings. The van der Waals surface area contributed by atoms with Gasteiger partial charge >= 0.3 is 0 Å². The second-order valence-corrected chi connectivity index (χ2v) is 9.06. The summed E-state index contributed by atoms with van der Waals surface area (Å²) in [5.74, 6) is -0.255. The molecule has 1 aliphatic heterocycles. The smallest absolute Gasteiger partial charge is 0.230 e. The summed E-state index contributed by atoms with van der Waals surface area (Å²) in [6.07, 6.45) is 6.61. The van der Waals surface area contributed by atoms with Crippen molar-refractivity contribution >= 4 is 34.1 Å². The van der Waals surface area contributed by atoms with E-state index in [2.05, 4.69) is 9.97 Å². The Balaban J connectivity index is 1.60. The summed E-state index contributed by atoms with van der Waals surface area (Å²) >= 11 is 12.6. The van der Waals surface area contributed by atoms with Crippen LogP contribution < -0.4 is 4.74 Å². The molecule has 1 unspecified atom stereocenters. The fourth-order valence-electron chi connectivity index (χ4n) is 4.27. The molecule has 0 spiro atoms. The van der Waals surface area contributed by atoms with Crippen molar-refractivity contribution in [3.63, 3.8) is 0 Å². The molecule has 3 aromatic heterocycles. The lowest BCUT2D eigenvalue weighted by atomic mass is 10.1. The predicted molar refractivity (Wildman–Crippen MR) is 130 cm³/mol. The summed E-state index contributed by atoms with van der Waals surface area (Å²) < 4.78 is 27.9. The summed E-state index contributed by atoms with van der Waals surface area (Å²) in [5, 5.41) is 15.7. The van der Waals surface area contributed by atoms with E-state index in [-0.39, 0.29) is 11.8 Å². The average molecular weight is 512 g/mol. The van der Waals surface area contributed by atoms with E-state index < -0.39 is 12.1 Å². The molecule has 1 fully saturated rings. The topological polar surface area (TPSA) is 85.8 Å². The van der Waals surface area contributed by atoms with Gasteiger partial charge in [0.15, 0.2) is 6.23 Å². The van der Waals surface area contributed by atoms with Gasteiger partial charge < -0.3 is 9.47 Å². The molecule has 4 heterocycles. The van der Waals surface area contributed by atoms with E-state index in [0.29, 0.717) is 39.2 Å². The number of fused-ring (bicyclic) bond motifs is 1. The number of ether oxygens (including phenoxy) is 2. The monoisotopic (exact) mass is 511 g/mol. The molecule has 1 aliphatic rings. The molecule has 7 nitrogen and oxygen atoms in total. The Morgan fingerprint density at radius 3 is 2.71 bits per heavy atom. The van der Waals surface area contributed by atoms with Crippen molar-refractivity contribution in [3.8, 4) is 23.1 Å². The number of benzene rings is 1. The third-order valence-corrected chi connectivity index (χ3v) is 6.55. The highest BCUT2D eigenvalue weighted by atomic mass is 35.5. The van der Waals surface area contributed by atoms with Gasteiger partial charge in [0.1, 0.15) is 29.2 Å². The van der Waals surface area contributed by atoms with Crippen LogP contribution in [-0.2, 0) is 4.74 Å². The van der Waals surface area contributed by atoms with Crippen molar-refractivity contribution in [2.45, 2.75) is 38.5 Å². The Morgan fingerprint density at radius 1 is 1.20 bits per heavy atom. The minimum Gasteiger partial charge on any atom is -0.486 e. The van der Waals surface area contributed by atoms with Crippen LogP contribution in [0.25, 0.3) is 22.2 Å². The molecule has 1 saturated heterocycles. The van der Waals surface area contributed by atoms with Crippen molar-refractivity contribution in [1.29, 1.82) is 5.26 Å². The lowest BCUT2D eigenvalue weighted by Gasteiger charge is -2.23. The highest BCUT2D eigenvalue weighted by molar-refractivity contribution is 6.35. The SMILES string of the molecule is C[C@@H](Oc1ccc2c(c1)c(-c1cnc(F)c(C#N)c1)nn2C1CCCCO1)c1c(Cl)cncc1Cl. The molecule has 35 heavy (non-hydrogen) atoms. The number of nitriles is 1. The lowest BCUT2D eigenvalue weighted by Crippen LogP contribution is -2.19. The zero-order valence-corrected chi connectivity index (χ0v) is 20.2. The van der Waals surface area contributed by atoms with E-state index in [0.717, 1.165) is 30.2 Å². The van der Waals surface area contributed by atoms with E-state index >= 15 is 0 Å². The molecule has 0 amide bonds. The molecule has 0 radical (unpaired) electrons. The van der Waals surface area contributed by atoms with Gasteiger partial charge in [0.25, 0.3) is 0 Å². The molecule has 178 valence electrons. The normalized spacial score (nSPS) is 16.7. The number of nitrogens with zero attached hydrogens (tertiary/aromatic N) is 5. The Labute approximate surface area is 211 Å². The maximum atomic E-state index is 13.9. The Kier molecular flexibility index (Phi) is 6.56. The van der Waals surface area contributed by atoms with Gasteiger partial charge in [-0.1, -0.05) is 23.2 Å². The largest absolute Gasteiger partial charge is 0.486 e. The van der Waals surface area contributed by atoms with Crippen molar-refractivity contribution in [1.82, 2.24) is 19.7 Å². The second-order valence-electron chi connectivity index (χ2n) is 8.24. The van der Waals surface area contributed by atoms with Crippen molar-refractivity contribution in [2.24, 2.45) is 0 Å². The van der Waals surface area contributed by atoms with Crippen LogP contribution in [0.15, 0.2) is 42.9 Å². The molecular weight excluding hydrogens is 492 g/mol. The van der Waals surface area contributed by atoms with Crippen LogP contribution in [0.5, 0.6) is 5.75 Å². The zero-order chi connectivity index (χ0) is 24.5. The van der Waals surface area contributed by atoms with Crippen LogP contribution in [0.3, 0.4) is 0 Å². The van der Waals surface area contributed by atoms with Gasteiger partial charge in [-0.3, -0.25) is 4.98 Å². The predicted octanol–water partition coefficient (Wildman–Crippen LogP) is 6.65. The number of hydrogen-bond donors (Lipinski definition) is 0. The molecule has 5 rings (SSSR count). The van der Waals surface area contributed by atoms with Gasteiger partial charge in [0.05, 0.1) is 15.6 Å². The highest BCUT2D eigenvalue weighted by Crippen LogP contribution is 2.37. The van der Waals surface area contributed by atoms with Crippen molar-refractivity contribution in [3.05, 3.63) is 70.0 Å². The first kappa shape index (κ1) is 23.5. The molecule has 0 N–H and O–H groups in total. The molecule has 1 aromatic carbocycles. The molecule has 0 bridgehead atoms. The Hall–Kier alpha value is -3.25. The summed E-state index contributed by atoms with van der Waals surface area (Å²) in [5.41, 5.74) is 2.39. The first-order valence-corrected chi connectivity index (χ1v) is 11.9. The number of aromatic nitrogens is 4. The van der Waals surface area contributed by atoms with Crippen LogP contribution in [0, 0.1) is 17.3 Å². The number of rotatable bonds is 5. The van der Waals surface area contributed by atoms with Crippen LogP contribution in [0.4, 0.5) is 4.39 Å². The minimum atomic E-state index is -0.820. The fourth-order valence-corrected chi connectivity index (χ4v) is 4.94. The first-order chi connectivity index (χ1) is 17.0. The highest BCUT2D eigenvalue weighted by Gasteiger charge is 2.23. The summed E-state index contributed by atoms with van der Waals surface area (Å²) in [6.45, 7) is 2.50. The van der Waals surface area contributed by atoms with Gasteiger partial charge in [0, 0.05) is 41.7 Å². The van der Waals surface area contributed by atoms with Crippen LogP contribution in [0.2, 0.25) is 10.0 Å². The quantitative estimate of drug-likeness (QED) is 0.279. The Bertz CT molecular complexity index is 1430. The Morgan fingerprint density at radius 2 is 2.00 bits per heavy atom. The number of halogens is 3. The molecule has 2 atom stereocenters. The summed E-state index contributed by atoms with van der Waals surface area (Å²) in [7, 11) is 0. The van der Waals surface area contributed by atoms with Crippen LogP contribution in [-0.4, -0.2) is 26.4 Å². The maximum absolute atomic E-state index is 13.9. The third kappa shape index (κ3) is 4.55. The maximum Gasteiger partial charge on any atom is 0.230 e. The molecular formula is C25H20Cl2FN5O2. The van der Waals surface area contributed by atoms with Crippen LogP contribution in [0.1, 0.15) is 49.6 Å². The van der Waals surface area contributed by atoms with Crippen LogP contribution >= 0.6 is 23.2 Å². The zero-order valence-electron chi connectivity index (χ0n) is 18.7. The van der Waals surface area contributed by atoms with Gasteiger partial charge in [-0.05, 0) is 50.5 Å². The van der Waals surface area contributed by atoms with Gasteiger partial charge in [-0.25, -0.2) is 9.67 Å². The number of hydrogen-bond acceptors (Lipinski definition) is 6. The standard InChI is InChI=1S/C25H20Cl2FN5O2/c1-14(23-19(26)12-30-13-20(23)27)35-17-5-6-21-18(9-17)24(16-8-15(10-29)25(28)31-11-16)32-33(21)22-4-2-3-7-34-22/h5-6,8-9,11-14,22H,2-4,7H2,1H3/t14-,22?/m1/s1. The van der Waals surface area contributed by atoms with Gasteiger partial charge in [-0.15, -0.1) is 0 Å². The molecule has 0 aliphatic carbocycles. The van der Waals surface area contributed by atoms with Gasteiger partial charge in [-0.2, -0.15) is 14.8 Å².